The molecule has 0 radical (unpaired) electrons. The molecule has 0 bridgehead atoms. The fourth-order valence-electron chi connectivity index (χ4n) is 5.32. The Morgan fingerprint density at radius 2 is 1.55 bits per heavy atom. The number of anilines is 1. The Morgan fingerprint density at radius 1 is 0.909 bits per heavy atom. The Morgan fingerprint density at radius 3 is 2.15 bits per heavy atom. The van der Waals surface area contributed by atoms with Crippen LogP contribution in [0.4, 0.5) is 5.69 Å². The Bertz CT molecular complexity index is 912. The zero-order chi connectivity index (χ0) is 23.2. The van der Waals surface area contributed by atoms with Gasteiger partial charge in [0.2, 0.25) is 11.8 Å². The molecule has 1 N–H and O–H groups in total. The van der Waals surface area contributed by atoms with E-state index in [1.54, 1.807) is 0 Å². The van der Waals surface area contributed by atoms with E-state index in [9.17, 15) is 9.59 Å². The highest BCUT2D eigenvalue weighted by molar-refractivity contribution is 5.92. The quantitative estimate of drug-likeness (QED) is 0.690. The first-order chi connectivity index (χ1) is 16.0. The van der Waals surface area contributed by atoms with Crippen LogP contribution in [0, 0.1) is 12.8 Å². The summed E-state index contributed by atoms with van der Waals surface area (Å²) in [6, 6.07) is 18.7. The number of benzene rings is 2. The average Bonchev–Trinajstić information content (AvgIpc) is 2.86. The van der Waals surface area contributed by atoms with Gasteiger partial charge in [-0.05, 0) is 69.8 Å². The number of piperidine rings is 2. The molecule has 0 spiro atoms. The van der Waals surface area contributed by atoms with Crippen LogP contribution < -0.4 is 5.32 Å². The van der Waals surface area contributed by atoms with Crippen LogP contribution in [0.3, 0.4) is 0 Å². The highest BCUT2D eigenvalue weighted by atomic mass is 16.2. The molecule has 2 aliphatic rings. The van der Waals surface area contributed by atoms with Crippen LogP contribution in [0.1, 0.15) is 56.1 Å². The second kappa shape index (κ2) is 11.0. The fraction of sp³-hybridized carbons (Fsp3) is 0.500. The summed E-state index contributed by atoms with van der Waals surface area (Å²) in [6.07, 6.45) is 4.70. The first-order valence-corrected chi connectivity index (χ1v) is 12.5. The number of hydrogen-bond acceptors (Lipinski definition) is 3. The molecular formula is C28H37N3O2. The first kappa shape index (κ1) is 23.5. The van der Waals surface area contributed by atoms with Crippen LogP contribution >= 0.6 is 0 Å². The predicted octanol–water partition coefficient (Wildman–Crippen LogP) is 4.83. The summed E-state index contributed by atoms with van der Waals surface area (Å²) < 4.78 is 0. The molecule has 1 unspecified atom stereocenters. The number of rotatable bonds is 6. The minimum absolute atomic E-state index is 0.0365. The van der Waals surface area contributed by atoms with E-state index < -0.39 is 0 Å². The van der Waals surface area contributed by atoms with Gasteiger partial charge in [-0.2, -0.15) is 0 Å². The average molecular weight is 448 g/mol. The van der Waals surface area contributed by atoms with Crippen molar-refractivity contribution in [2.24, 2.45) is 5.92 Å². The van der Waals surface area contributed by atoms with Gasteiger partial charge in [0.25, 0.3) is 0 Å². The maximum Gasteiger partial charge on any atom is 0.230 e. The maximum absolute atomic E-state index is 13.2. The van der Waals surface area contributed by atoms with Crippen molar-refractivity contribution >= 4 is 17.5 Å². The number of nitrogens with zero attached hydrogens (tertiary/aromatic N) is 2. The van der Waals surface area contributed by atoms with Crippen LogP contribution in [0.2, 0.25) is 0 Å². The van der Waals surface area contributed by atoms with Crippen LogP contribution in [-0.4, -0.2) is 53.8 Å². The van der Waals surface area contributed by atoms with E-state index >= 15 is 0 Å². The van der Waals surface area contributed by atoms with Crippen LogP contribution in [0.15, 0.2) is 54.6 Å². The molecule has 2 amide bonds. The van der Waals surface area contributed by atoms with E-state index in [1.807, 2.05) is 49.4 Å². The van der Waals surface area contributed by atoms with E-state index in [0.29, 0.717) is 6.04 Å². The summed E-state index contributed by atoms with van der Waals surface area (Å²) in [4.78, 5) is 30.5. The molecule has 4 rings (SSSR count). The number of carbonyl (C=O) groups excluding carboxylic acids is 2. The lowest BCUT2D eigenvalue weighted by Gasteiger charge is -2.42. The van der Waals surface area contributed by atoms with Crippen molar-refractivity contribution in [3.05, 3.63) is 65.7 Å². The van der Waals surface area contributed by atoms with Gasteiger partial charge in [-0.15, -0.1) is 0 Å². The van der Waals surface area contributed by atoms with Crippen molar-refractivity contribution in [2.75, 3.05) is 31.5 Å². The third kappa shape index (κ3) is 5.83. The minimum Gasteiger partial charge on any atom is -0.342 e. The van der Waals surface area contributed by atoms with Crippen LogP contribution in [0.5, 0.6) is 0 Å². The van der Waals surface area contributed by atoms with Gasteiger partial charge in [-0.25, -0.2) is 0 Å². The normalized spacial score (nSPS) is 19.3. The molecule has 2 saturated heterocycles. The standard InChI is InChI=1S/C28H37N3O2/c1-3-26(22-7-5-4-6-8-22)28(33)31-19-15-25(16-20-31)30-17-13-23(14-18-30)27(32)29-24-11-9-21(2)10-12-24/h4-12,23,25-26H,3,13-20H2,1-2H3,(H,29,32). The molecule has 2 aromatic carbocycles. The summed E-state index contributed by atoms with van der Waals surface area (Å²) in [6.45, 7) is 7.74. The number of aryl methyl sites for hydroxylation is 1. The van der Waals surface area contributed by atoms with Crippen LogP contribution in [-0.2, 0) is 9.59 Å². The largest absolute Gasteiger partial charge is 0.342 e. The number of carbonyl (C=O) groups is 2. The molecule has 2 aliphatic heterocycles. The molecule has 176 valence electrons. The molecule has 0 aromatic heterocycles. The lowest BCUT2D eigenvalue weighted by Crippen LogP contribution is -2.50. The fourth-order valence-corrected chi connectivity index (χ4v) is 5.32. The molecule has 5 heteroatoms. The number of likely N-dealkylation sites (tertiary alicyclic amines) is 2. The monoisotopic (exact) mass is 447 g/mol. The number of hydrogen-bond donors (Lipinski definition) is 1. The number of nitrogens with one attached hydrogen (secondary N) is 1. The summed E-state index contributed by atoms with van der Waals surface area (Å²) >= 11 is 0. The molecule has 2 heterocycles. The summed E-state index contributed by atoms with van der Waals surface area (Å²) in [7, 11) is 0. The molecule has 5 nitrogen and oxygen atoms in total. The van der Waals surface area contributed by atoms with Gasteiger partial charge in [0.1, 0.15) is 0 Å². The highest BCUT2D eigenvalue weighted by Gasteiger charge is 2.33. The van der Waals surface area contributed by atoms with Crippen molar-refractivity contribution in [3.8, 4) is 0 Å². The van der Waals surface area contributed by atoms with Crippen molar-refractivity contribution in [1.29, 1.82) is 0 Å². The van der Waals surface area contributed by atoms with E-state index in [2.05, 4.69) is 34.2 Å². The van der Waals surface area contributed by atoms with E-state index in [0.717, 1.165) is 69.5 Å². The highest BCUT2D eigenvalue weighted by Crippen LogP contribution is 2.28. The molecule has 1 atom stereocenters. The SMILES string of the molecule is CCC(C(=O)N1CCC(N2CCC(C(=O)Nc3ccc(C)cc3)CC2)CC1)c1ccccc1. The zero-order valence-corrected chi connectivity index (χ0v) is 20.0. The van der Waals surface area contributed by atoms with E-state index in [4.69, 9.17) is 0 Å². The smallest absolute Gasteiger partial charge is 0.230 e. The molecule has 0 saturated carbocycles. The lowest BCUT2D eigenvalue weighted by atomic mass is 9.91. The number of amides is 2. The van der Waals surface area contributed by atoms with Crippen molar-refractivity contribution < 1.29 is 9.59 Å². The lowest BCUT2D eigenvalue weighted by molar-refractivity contribution is -0.134. The van der Waals surface area contributed by atoms with Gasteiger partial charge >= 0.3 is 0 Å². The van der Waals surface area contributed by atoms with Gasteiger partial charge in [0.15, 0.2) is 0 Å². The Labute approximate surface area is 198 Å². The van der Waals surface area contributed by atoms with E-state index in [-0.39, 0.29) is 23.7 Å². The van der Waals surface area contributed by atoms with Gasteiger partial charge in [0.05, 0.1) is 5.92 Å². The first-order valence-electron chi connectivity index (χ1n) is 12.5. The molecule has 2 fully saturated rings. The third-order valence-electron chi connectivity index (χ3n) is 7.42. The van der Waals surface area contributed by atoms with Gasteiger partial charge < -0.3 is 15.1 Å². The van der Waals surface area contributed by atoms with Gasteiger partial charge in [0, 0.05) is 30.7 Å². The predicted molar refractivity (Wildman–Crippen MR) is 133 cm³/mol. The van der Waals surface area contributed by atoms with Crippen molar-refractivity contribution in [3.63, 3.8) is 0 Å². The van der Waals surface area contributed by atoms with Crippen molar-refractivity contribution in [1.82, 2.24) is 9.80 Å². The van der Waals surface area contributed by atoms with Crippen molar-refractivity contribution in [2.45, 2.75) is 57.9 Å². The maximum atomic E-state index is 13.2. The second-order valence-corrected chi connectivity index (χ2v) is 9.59. The molecule has 33 heavy (non-hydrogen) atoms. The Kier molecular flexibility index (Phi) is 7.81. The second-order valence-electron chi connectivity index (χ2n) is 9.59. The molecule has 2 aromatic rings. The summed E-state index contributed by atoms with van der Waals surface area (Å²) in [5.41, 5.74) is 3.20. The Balaban J connectivity index is 1.23. The summed E-state index contributed by atoms with van der Waals surface area (Å²) in [5, 5.41) is 3.08. The molecular weight excluding hydrogens is 410 g/mol. The van der Waals surface area contributed by atoms with Gasteiger partial charge in [-0.1, -0.05) is 55.0 Å². The van der Waals surface area contributed by atoms with Gasteiger partial charge in [-0.3, -0.25) is 9.59 Å². The van der Waals surface area contributed by atoms with E-state index in [1.165, 1.54) is 5.56 Å². The molecule has 0 aliphatic carbocycles. The van der Waals surface area contributed by atoms with Crippen LogP contribution in [0.25, 0.3) is 0 Å². The summed E-state index contributed by atoms with van der Waals surface area (Å²) in [5.74, 6) is 0.463. The topological polar surface area (TPSA) is 52.7 Å². The third-order valence-corrected chi connectivity index (χ3v) is 7.42. The minimum atomic E-state index is -0.0365. The Hall–Kier alpha value is -2.66. The zero-order valence-electron chi connectivity index (χ0n) is 20.0.